The van der Waals surface area contributed by atoms with Crippen molar-refractivity contribution in [2.75, 3.05) is 24.3 Å². The van der Waals surface area contributed by atoms with Crippen LogP contribution in [0.5, 0.6) is 0 Å². The highest BCUT2D eigenvalue weighted by Gasteiger charge is 2.19. The minimum atomic E-state index is -1.01. The second kappa shape index (κ2) is 7.59. The van der Waals surface area contributed by atoms with Gasteiger partial charge in [-0.3, -0.25) is 4.79 Å². The highest BCUT2D eigenvalue weighted by atomic mass is 19.1. The van der Waals surface area contributed by atoms with Crippen molar-refractivity contribution in [2.45, 2.75) is 13.0 Å². The molecule has 6 heteroatoms. The molecule has 1 N–H and O–H groups in total. The number of benzene rings is 2. The Bertz CT molecular complexity index is 729. The summed E-state index contributed by atoms with van der Waals surface area (Å²) in [6, 6.07) is 12.4. The molecule has 2 rings (SSSR count). The molecule has 2 aromatic carbocycles. The van der Waals surface area contributed by atoms with E-state index in [-0.39, 0.29) is 5.56 Å². The van der Waals surface area contributed by atoms with Crippen LogP contribution < -0.4 is 10.2 Å². The van der Waals surface area contributed by atoms with Gasteiger partial charge in [-0.2, -0.15) is 0 Å². The fraction of sp³-hybridized carbons (Fsp3) is 0.222. The molecule has 0 aliphatic carbocycles. The van der Waals surface area contributed by atoms with Crippen LogP contribution in [0.3, 0.4) is 0 Å². The largest absolute Gasteiger partial charge is 0.449 e. The third kappa shape index (κ3) is 4.55. The van der Waals surface area contributed by atoms with Gasteiger partial charge in [-0.15, -0.1) is 0 Å². The average Bonchev–Trinajstić information content (AvgIpc) is 2.55. The van der Waals surface area contributed by atoms with Crippen LogP contribution in [-0.4, -0.2) is 32.1 Å². The maximum absolute atomic E-state index is 13.1. The van der Waals surface area contributed by atoms with Crippen LogP contribution in [0.1, 0.15) is 17.3 Å². The minimum absolute atomic E-state index is 0.0602. The Balaban J connectivity index is 1.95. The predicted octanol–water partition coefficient (Wildman–Crippen LogP) is 3.08. The van der Waals surface area contributed by atoms with Crippen molar-refractivity contribution in [1.82, 2.24) is 0 Å². The monoisotopic (exact) mass is 330 g/mol. The van der Waals surface area contributed by atoms with Crippen LogP contribution in [0.4, 0.5) is 15.8 Å². The van der Waals surface area contributed by atoms with E-state index in [1.165, 1.54) is 25.1 Å². The molecule has 24 heavy (non-hydrogen) atoms. The van der Waals surface area contributed by atoms with Crippen LogP contribution in [0, 0.1) is 5.82 Å². The highest BCUT2D eigenvalue weighted by molar-refractivity contribution is 5.97. The summed E-state index contributed by atoms with van der Waals surface area (Å²) < 4.78 is 18.2. The van der Waals surface area contributed by atoms with Gasteiger partial charge in [-0.05, 0) is 49.4 Å². The number of nitrogens with zero attached hydrogens (tertiary/aromatic N) is 1. The molecule has 0 saturated heterocycles. The number of halogens is 1. The van der Waals surface area contributed by atoms with Crippen molar-refractivity contribution in [2.24, 2.45) is 0 Å². The molecule has 0 aromatic heterocycles. The van der Waals surface area contributed by atoms with Crippen molar-refractivity contribution in [3.05, 3.63) is 59.9 Å². The molecule has 0 aliphatic rings. The average molecular weight is 330 g/mol. The zero-order chi connectivity index (χ0) is 17.7. The van der Waals surface area contributed by atoms with Crippen LogP contribution in [0.2, 0.25) is 0 Å². The number of hydrogen-bond donors (Lipinski definition) is 1. The lowest BCUT2D eigenvalue weighted by atomic mass is 10.2. The lowest BCUT2D eigenvalue weighted by Gasteiger charge is -2.15. The summed E-state index contributed by atoms with van der Waals surface area (Å²) in [4.78, 5) is 25.9. The van der Waals surface area contributed by atoms with Crippen molar-refractivity contribution >= 4 is 23.3 Å². The number of hydrogen-bond acceptors (Lipinski definition) is 4. The number of ether oxygens (including phenoxy) is 1. The number of nitrogens with one attached hydrogen (secondary N) is 1. The summed E-state index contributed by atoms with van der Waals surface area (Å²) in [5, 5.41) is 2.67. The van der Waals surface area contributed by atoms with E-state index >= 15 is 0 Å². The smallest absolute Gasteiger partial charge is 0.339 e. The molecule has 2 aromatic rings. The van der Waals surface area contributed by atoms with Gasteiger partial charge in [0.1, 0.15) is 5.82 Å². The second-order valence-electron chi connectivity index (χ2n) is 5.49. The Hall–Kier alpha value is -2.89. The van der Waals surface area contributed by atoms with E-state index in [9.17, 15) is 14.0 Å². The van der Waals surface area contributed by atoms with Gasteiger partial charge >= 0.3 is 5.97 Å². The van der Waals surface area contributed by atoms with Crippen LogP contribution in [0.25, 0.3) is 0 Å². The fourth-order valence-electron chi connectivity index (χ4n) is 1.98. The molecular weight excluding hydrogens is 311 g/mol. The summed E-state index contributed by atoms with van der Waals surface area (Å²) in [6.07, 6.45) is -1.01. The van der Waals surface area contributed by atoms with E-state index < -0.39 is 23.8 Å². The van der Waals surface area contributed by atoms with Gasteiger partial charge in [-0.1, -0.05) is 6.07 Å². The Morgan fingerprint density at radius 2 is 1.79 bits per heavy atom. The van der Waals surface area contributed by atoms with Gasteiger partial charge in [0, 0.05) is 25.5 Å². The van der Waals surface area contributed by atoms with Crippen LogP contribution >= 0.6 is 0 Å². The normalized spacial score (nSPS) is 11.5. The Kier molecular flexibility index (Phi) is 5.52. The number of carbonyl (C=O) groups excluding carboxylic acids is 2. The molecule has 0 heterocycles. The maximum atomic E-state index is 13.1. The first-order chi connectivity index (χ1) is 11.4. The summed E-state index contributed by atoms with van der Waals surface area (Å²) in [5.41, 5.74) is 1.66. The number of anilines is 2. The number of carbonyl (C=O) groups is 2. The standard InChI is InChI=1S/C18H19FN2O3/c1-12(24-18(23)13-5-4-6-14(19)11-13)17(22)20-15-7-9-16(10-8-15)21(2)3/h4-12H,1-3H3,(H,20,22)/t12-/m0/s1. The third-order valence-electron chi connectivity index (χ3n) is 3.36. The molecule has 0 fully saturated rings. The molecule has 1 amide bonds. The van der Waals surface area contributed by atoms with Gasteiger partial charge in [0.25, 0.3) is 5.91 Å². The second-order valence-corrected chi connectivity index (χ2v) is 5.49. The summed E-state index contributed by atoms with van der Waals surface area (Å²) in [7, 11) is 3.84. The van der Waals surface area contributed by atoms with Gasteiger partial charge in [-0.25, -0.2) is 9.18 Å². The van der Waals surface area contributed by atoms with E-state index in [1.54, 1.807) is 12.1 Å². The molecule has 0 spiro atoms. The van der Waals surface area contributed by atoms with Crippen LogP contribution in [-0.2, 0) is 9.53 Å². The number of amides is 1. The number of esters is 1. The van der Waals surface area contributed by atoms with Gasteiger partial charge in [0.15, 0.2) is 6.10 Å². The van der Waals surface area contributed by atoms with E-state index in [0.717, 1.165) is 11.8 Å². The molecule has 0 aliphatic heterocycles. The van der Waals surface area contributed by atoms with Crippen molar-refractivity contribution in [3.8, 4) is 0 Å². The predicted molar refractivity (Wildman–Crippen MR) is 90.7 cm³/mol. The molecule has 1 atom stereocenters. The lowest BCUT2D eigenvalue weighted by Crippen LogP contribution is -2.30. The quantitative estimate of drug-likeness (QED) is 0.856. The summed E-state index contributed by atoms with van der Waals surface area (Å²) in [6.45, 7) is 1.46. The fourth-order valence-corrected chi connectivity index (χ4v) is 1.98. The maximum Gasteiger partial charge on any atom is 0.339 e. The van der Waals surface area contributed by atoms with Crippen molar-refractivity contribution < 1.29 is 18.7 Å². The van der Waals surface area contributed by atoms with Gasteiger partial charge in [0.2, 0.25) is 0 Å². The first kappa shape index (κ1) is 17.5. The van der Waals surface area contributed by atoms with E-state index in [2.05, 4.69) is 5.32 Å². The highest BCUT2D eigenvalue weighted by Crippen LogP contribution is 2.16. The Morgan fingerprint density at radius 1 is 1.12 bits per heavy atom. The molecule has 0 unspecified atom stereocenters. The van der Waals surface area contributed by atoms with Gasteiger partial charge in [0.05, 0.1) is 5.56 Å². The molecule has 0 saturated carbocycles. The minimum Gasteiger partial charge on any atom is -0.449 e. The number of rotatable bonds is 5. The molecular formula is C18H19FN2O3. The molecule has 5 nitrogen and oxygen atoms in total. The van der Waals surface area contributed by atoms with E-state index in [0.29, 0.717) is 5.69 Å². The summed E-state index contributed by atoms with van der Waals surface area (Å²) in [5.74, 6) is -1.75. The Morgan fingerprint density at radius 3 is 2.38 bits per heavy atom. The first-order valence-corrected chi connectivity index (χ1v) is 7.41. The molecule has 126 valence electrons. The lowest BCUT2D eigenvalue weighted by molar-refractivity contribution is -0.123. The van der Waals surface area contributed by atoms with Crippen molar-refractivity contribution in [1.29, 1.82) is 0 Å². The zero-order valence-electron chi connectivity index (χ0n) is 13.7. The third-order valence-corrected chi connectivity index (χ3v) is 3.36. The SMILES string of the molecule is C[C@H](OC(=O)c1cccc(F)c1)C(=O)Nc1ccc(N(C)C)cc1. The molecule has 0 bridgehead atoms. The summed E-state index contributed by atoms with van der Waals surface area (Å²) >= 11 is 0. The topological polar surface area (TPSA) is 58.6 Å². The van der Waals surface area contributed by atoms with Gasteiger partial charge < -0.3 is 15.0 Å². The van der Waals surface area contributed by atoms with Crippen molar-refractivity contribution in [3.63, 3.8) is 0 Å². The van der Waals surface area contributed by atoms with E-state index in [4.69, 9.17) is 4.74 Å². The Labute approximate surface area is 140 Å². The molecule has 0 radical (unpaired) electrons. The van der Waals surface area contributed by atoms with Crippen LogP contribution in [0.15, 0.2) is 48.5 Å². The first-order valence-electron chi connectivity index (χ1n) is 7.41. The zero-order valence-corrected chi connectivity index (χ0v) is 13.7. The van der Waals surface area contributed by atoms with E-state index in [1.807, 2.05) is 31.1 Å².